The van der Waals surface area contributed by atoms with Crippen LogP contribution in [-0.2, 0) is 20.9 Å². The number of ether oxygens (including phenoxy) is 1. The molecule has 1 aliphatic rings. The second-order valence-electron chi connectivity index (χ2n) is 5.06. The number of anilines is 1. The summed E-state index contributed by atoms with van der Waals surface area (Å²) in [4.78, 5) is 23.5. The van der Waals surface area contributed by atoms with Crippen molar-refractivity contribution < 1.29 is 14.3 Å². The molecule has 1 saturated carbocycles. The number of hydrogen-bond donors (Lipinski definition) is 2. The van der Waals surface area contributed by atoms with Crippen molar-refractivity contribution in [3.05, 3.63) is 12.3 Å². The average Bonchev–Trinajstić information content (AvgIpc) is 3.01. The zero-order chi connectivity index (χ0) is 14.5. The SMILES string of the molecule is CC(OC(=O)Cn1ccc(N)n1)C(=O)NC1CCCC1. The number of nitrogen functional groups attached to an aromatic ring is 1. The van der Waals surface area contributed by atoms with Gasteiger partial charge >= 0.3 is 5.97 Å². The summed E-state index contributed by atoms with van der Waals surface area (Å²) in [6.45, 7) is 1.51. The quantitative estimate of drug-likeness (QED) is 0.763. The van der Waals surface area contributed by atoms with Gasteiger partial charge in [-0.1, -0.05) is 12.8 Å². The molecule has 1 aromatic rings. The second-order valence-corrected chi connectivity index (χ2v) is 5.06. The Bertz CT molecular complexity index is 480. The lowest BCUT2D eigenvalue weighted by Gasteiger charge is -2.17. The van der Waals surface area contributed by atoms with E-state index in [0.29, 0.717) is 5.82 Å². The summed E-state index contributed by atoms with van der Waals surface area (Å²) >= 11 is 0. The third kappa shape index (κ3) is 3.97. The number of nitrogens with one attached hydrogen (secondary N) is 1. The first-order valence-electron chi connectivity index (χ1n) is 6.83. The Morgan fingerprint density at radius 3 is 2.85 bits per heavy atom. The molecule has 0 saturated heterocycles. The van der Waals surface area contributed by atoms with Gasteiger partial charge in [-0.3, -0.25) is 14.3 Å². The van der Waals surface area contributed by atoms with Crippen molar-refractivity contribution in [2.45, 2.75) is 51.3 Å². The van der Waals surface area contributed by atoms with Gasteiger partial charge in [0.2, 0.25) is 0 Å². The zero-order valence-electron chi connectivity index (χ0n) is 11.5. The number of aromatic nitrogens is 2. The molecular formula is C13H20N4O3. The minimum Gasteiger partial charge on any atom is -0.451 e. The van der Waals surface area contributed by atoms with E-state index in [2.05, 4.69) is 10.4 Å². The Labute approximate surface area is 117 Å². The highest BCUT2D eigenvalue weighted by atomic mass is 16.5. The third-order valence-electron chi connectivity index (χ3n) is 3.33. The van der Waals surface area contributed by atoms with Crippen molar-refractivity contribution in [1.29, 1.82) is 0 Å². The van der Waals surface area contributed by atoms with Crippen molar-refractivity contribution in [2.24, 2.45) is 0 Å². The van der Waals surface area contributed by atoms with E-state index in [4.69, 9.17) is 10.5 Å². The Morgan fingerprint density at radius 2 is 2.25 bits per heavy atom. The number of nitrogens with zero attached hydrogens (tertiary/aromatic N) is 2. The van der Waals surface area contributed by atoms with Crippen LogP contribution in [0.1, 0.15) is 32.6 Å². The lowest BCUT2D eigenvalue weighted by Crippen LogP contribution is -2.41. The molecule has 7 heteroatoms. The third-order valence-corrected chi connectivity index (χ3v) is 3.33. The van der Waals surface area contributed by atoms with Gasteiger partial charge in [0.1, 0.15) is 12.4 Å². The number of rotatable bonds is 5. The van der Waals surface area contributed by atoms with Gasteiger partial charge in [-0.2, -0.15) is 5.10 Å². The van der Waals surface area contributed by atoms with Crippen LogP contribution in [0.3, 0.4) is 0 Å². The van der Waals surface area contributed by atoms with Crippen LogP contribution < -0.4 is 11.1 Å². The lowest BCUT2D eigenvalue weighted by atomic mass is 10.2. The van der Waals surface area contributed by atoms with Crippen LogP contribution in [-0.4, -0.2) is 33.8 Å². The minimum atomic E-state index is -0.795. The van der Waals surface area contributed by atoms with Gasteiger partial charge in [0.05, 0.1) is 0 Å². The molecule has 1 amide bonds. The van der Waals surface area contributed by atoms with Crippen molar-refractivity contribution >= 4 is 17.7 Å². The number of nitrogens with two attached hydrogens (primary N) is 1. The molecule has 20 heavy (non-hydrogen) atoms. The van der Waals surface area contributed by atoms with E-state index in [9.17, 15) is 9.59 Å². The van der Waals surface area contributed by atoms with E-state index in [0.717, 1.165) is 25.7 Å². The average molecular weight is 280 g/mol. The molecule has 2 rings (SSSR count). The second kappa shape index (κ2) is 6.40. The van der Waals surface area contributed by atoms with E-state index in [-0.39, 0.29) is 18.5 Å². The van der Waals surface area contributed by atoms with E-state index in [1.807, 2.05) is 0 Å². The smallest absolute Gasteiger partial charge is 0.328 e. The van der Waals surface area contributed by atoms with Gasteiger partial charge in [0.25, 0.3) is 5.91 Å². The number of hydrogen-bond acceptors (Lipinski definition) is 5. The summed E-state index contributed by atoms with van der Waals surface area (Å²) in [7, 11) is 0. The maximum Gasteiger partial charge on any atom is 0.328 e. The standard InChI is InChI=1S/C13H20N4O3/c1-9(13(19)15-10-4-2-3-5-10)20-12(18)8-17-7-6-11(14)16-17/h6-7,9-10H,2-5,8H2,1H3,(H2,14,16)(H,15,19). The van der Waals surface area contributed by atoms with Gasteiger partial charge in [-0.05, 0) is 25.8 Å². The summed E-state index contributed by atoms with van der Waals surface area (Å²) in [5.74, 6) is -0.419. The monoisotopic (exact) mass is 280 g/mol. The summed E-state index contributed by atoms with van der Waals surface area (Å²) in [5.41, 5.74) is 5.45. The van der Waals surface area contributed by atoms with Crippen LogP contribution in [0.5, 0.6) is 0 Å². The van der Waals surface area contributed by atoms with Crippen molar-refractivity contribution in [3.8, 4) is 0 Å². The fourth-order valence-electron chi connectivity index (χ4n) is 2.27. The largest absolute Gasteiger partial charge is 0.451 e. The first-order valence-corrected chi connectivity index (χ1v) is 6.83. The molecule has 0 aliphatic heterocycles. The molecule has 1 aliphatic carbocycles. The van der Waals surface area contributed by atoms with Crippen molar-refractivity contribution in [2.75, 3.05) is 5.73 Å². The molecule has 0 radical (unpaired) electrons. The Morgan fingerprint density at radius 1 is 1.55 bits per heavy atom. The fourth-order valence-corrected chi connectivity index (χ4v) is 2.27. The summed E-state index contributed by atoms with van der Waals surface area (Å²) in [5, 5.41) is 6.77. The van der Waals surface area contributed by atoms with Gasteiger partial charge in [-0.25, -0.2) is 0 Å². The number of esters is 1. The van der Waals surface area contributed by atoms with Crippen molar-refractivity contribution in [3.63, 3.8) is 0 Å². The molecule has 0 spiro atoms. The molecule has 7 nitrogen and oxygen atoms in total. The highest BCUT2D eigenvalue weighted by molar-refractivity contribution is 5.83. The van der Waals surface area contributed by atoms with E-state index in [1.54, 1.807) is 19.2 Å². The highest BCUT2D eigenvalue weighted by Crippen LogP contribution is 2.17. The molecular weight excluding hydrogens is 260 g/mol. The maximum absolute atomic E-state index is 11.9. The molecule has 1 heterocycles. The fraction of sp³-hybridized carbons (Fsp3) is 0.615. The Hall–Kier alpha value is -2.05. The highest BCUT2D eigenvalue weighted by Gasteiger charge is 2.23. The molecule has 1 fully saturated rings. The Balaban J connectivity index is 1.76. The van der Waals surface area contributed by atoms with Gasteiger partial charge in [-0.15, -0.1) is 0 Å². The van der Waals surface area contributed by atoms with Crippen LogP contribution in [0, 0.1) is 0 Å². The topological polar surface area (TPSA) is 99.2 Å². The van der Waals surface area contributed by atoms with Crippen LogP contribution in [0.2, 0.25) is 0 Å². The number of carbonyl (C=O) groups excluding carboxylic acids is 2. The molecule has 110 valence electrons. The van der Waals surface area contributed by atoms with E-state index < -0.39 is 12.1 Å². The normalized spacial score (nSPS) is 16.9. The summed E-state index contributed by atoms with van der Waals surface area (Å²) in [6.07, 6.45) is 5.06. The van der Waals surface area contributed by atoms with E-state index in [1.165, 1.54) is 4.68 Å². The molecule has 1 unspecified atom stereocenters. The van der Waals surface area contributed by atoms with Crippen LogP contribution in [0.15, 0.2) is 12.3 Å². The van der Waals surface area contributed by atoms with Crippen LogP contribution in [0.25, 0.3) is 0 Å². The van der Waals surface area contributed by atoms with Gasteiger partial charge in [0, 0.05) is 12.2 Å². The number of carbonyl (C=O) groups is 2. The van der Waals surface area contributed by atoms with E-state index >= 15 is 0 Å². The maximum atomic E-state index is 11.9. The first kappa shape index (κ1) is 14.4. The summed E-state index contributed by atoms with van der Waals surface area (Å²) < 4.78 is 6.46. The predicted molar refractivity (Wildman–Crippen MR) is 72.6 cm³/mol. The number of amides is 1. The molecule has 0 aromatic carbocycles. The minimum absolute atomic E-state index is 0.0573. The van der Waals surface area contributed by atoms with Crippen molar-refractivity contribution in [1.82, 2.24) is 15.1 Å². The predicted octanol–water partition coefficient (Wildman–Crippen LogP) is 0.456. The van der Waals surface area contributed by atoms with Gasteiger partial charge in [0.15, 0.2) is 6.10 Å². The molecule has 1 aromatic heterocycles. The molecule has 1 atom stereocenters. The van der Waals surface area contributed by atoms with Gasteiger partial charge < -0.3 is 15.8 Å². The lowest BCUT2D eigenvalue weighted by molar-refractivity contribution is -0.155. The molecule has 3 N–H and O–H groups in total. The van der Waals surface area contributed by atoms with Crippen LogP contribution >= 0.6 is 0 Å². The first-order chi connectivity index (χ1) is 9.54. The molecule has 0 bridgehead atoms. The Kier molecular flexibility index (Phi) is 4.60. The van der Waals surface area contributed by atoms with Crippen LogP contribution in [0.4, 0.5) is 5.82 Å². The zero-order valence-corrected chi connectivity index (χ0v) is 11.5. The summed E-state index contributed by atoms with van der Waals surface area (Å²) in [6, 6.07) is 1.80.